The number of halogens is 1. The van der Waals surface area contributed by atoms with Gasteiger partial charge in [0.1, 0.15) is 11.4 Å². The number of para-hydroxylation sites is 1. The van der Waals surface area contributed by atoms with Crippen molar-refractivity contribution in [1.82, 2.24) is 20.0 Å². The van der Waals surface area contributed by atoms with Crippen LogP contribution in [-0.2, 0) is 9.53 Å². The van der Waals surface area contributed by atoms with Crippen LogP contribution in [0, 0.1) is 6.92 Å². The number of nitrogens with one attached hydrogen (secondary N) is 1. The fourth-order valence-corrected chi connectivity index (χ4v) is 4.88. The molecule has 3 aromatic carbocycles. The molecule has 2 amide bonds. The van der Waals surface area contributed by atoms with Crippen LogP contribution in [0.25, 0.3) is 23.0 Å². The summed E-state index contributed by atoms with van der Waals surface area (Å²) < 4.78 is 7.60. The number of aryl methyl sites for hydroxylation is 1. The molecule has 1 aliphatic rings. The molecule has 0 radical (unpaired) electrons. The molecule has 1 aromatic heterocycles. The van der Waals surface area contributed by atoms with Gasteiger partial charge in [-0.05, 0) is 63.2 Å². The zero-order valence-electron chi connectivity index (χ0n) is 22.7. The summed E-state index contributed by atoms with van der Waals surface area (Å²) in [4.78, 5) is 29.0. The van der Waals surface area contributed by atoms with Gasteiger partial charge in [-0.3, -0.25) is 9.59 Å². The zero-order valence-corrected chi connectivity index (χ0v) is 23.4. The summed E-state index contributed by atoms with van der Waals surface area (Å²) in [6.45, 7) is 6.68. The Morgan fingerprint density at radius 3 is 2.25 bits per heavy atom. The third-order valence-corrected chi connectivity index (χ3v) is 6.93. The van der Waals surface area contributed by atoms with E-state index < -0.39 is 0 Å². The predicted octanol–water partition coefficient (Wildman–Crippen LogP) is 5.91. The first-order valence-electron chi connectivity index (χ1n) is 13.2. The maximum atomic E-state index is 13.9. The van der Waals surface area contributed by atoms with E-state index in [2.05, 4.69) is 5.32 Å². The first-order valence-corrected chi connectivity index (χ1v) is 13.6. The lowest BCUT2D eigenvalue weighted by Crippen LogP contribution is -2.50. The van der Waals surface area contributed by atoms with E-state index >= 15 is 0 Å². The van der Waals surface area contributed by atoms with E-state index in [1.165, 1.54) is 0 Å². The third kappa shape index (κ3) is 6.33. The minimum atomic E-state index is -0.363. The van der Waals surface area contributed by atoms with Crippen molar-refractivity contribution < 1.29 is 14.3 Å². The molecule has 8 heteroatoms. The number of rotatable bonds is 6. The number of morpholine rings is 1. The van der Waals surface area contributed by atoms with Crippen molar-refractivity contribution in [2.45, 2.75) is 33.0 Å². The smallest absolute Gasteiger partial charge is 0.270 e. The fourth-order valence-electron chi connectivity index (χ4n) is 4.76. The Labute approximate surface area is 239 Å². The molecule has 1 N–H and O–H groups in total. The summed E-state index contributed by atoms with van der Waals surface area (Å²) in [5.74, 6) is -0.644. The van der Waals surface area contributed by atoms with Gasteiger partial charge in [0.2, 0.25) is 0 Å². The van der Waals surface area contributed by atoms with E-state index in [0.717, 1.165) is 16.8 Å². The molecule has 1 fully saturated rings. The topological polar surface area (TPSA) is 76.5 Å². The number of aromatic nitrogens is 2. The van der Waals surface area contributed by atoms with Crippen molar-refractivity contribution >= 4 is 29.5 Å². The minimum absolute atomic E-state index is 0.118. The van der Waals surface area contributed by atoms with Crippen LogP contribution in [0.2, 0.25) is 5.02 Å². The fraction of sp³-hybridized carbons (Fsp3) is 0.219. The normalized spacial score (nSPS) is 17.5. The second-order valence-corrected chi connectivity index (χ2v) is 10.5. The Bertz CT molecular complexity index is 1520. The second-order valence-electron chi connectivity index (χ2n) is 10.1. The van der Waals surface area contributed by atoms with E-state index in [-0.39, 0.29) is 29.7 Å². The Balaban J connectivity index is 1.59. The van der Waals surface area contributed by atoms with E-state index in [1.54, 1.807) is 39.9 Å². The van der Waals surface area contributed by atoms with E-state index in [9.17, 15) is 9.59 Å². The number of nitrogens with zero attached hydrogens (tertiary/aromatic N) is 3. The van der Waals surface area contributed by atoms with Crippen molar-refractivity contribution in [2.24, 2.45) is 0 Å². The van der Waals surface area contributed by atoms with Gasteiger partial charge in [0.25, 0.3) is 11.8 Å². The molecule has 2 atom stereocenters. The van der Waals surface area contributed by atoms with Gasteiger partial charge in [-0.15, -0.1) is 0 Å². The zero-order chi connectivity index (χ0) is 28.2. The van der Waals surface area contributed by atoms with Crippen LogP contribution in [0.15, 0.2) is 90.8 Å². The number of benzene rings is 3. The predicted molar refractivity (Wildman–Crippen MR) is 157 cm³/mol. The quantitative estimate of drug-likeness (QED) is 0.301. The SMILES string of the molecule is Cc1ccc(C(=O)N/C(=C\c2cn(-c3ccccc3)nc2-c2ccc(Cl)cc2)C(=O)N2CC(C)OC(C)C2)cc1. The number of hydrogen-bond donors (Lipinski definition) is 1. The molecular formula is C32H31ClN4O3. The number of hydrogen-bond acceptors (Lipinski definition) is 4. The highest BCUT2D eigenvalue weighted by Gasteiger charge is 2.29. The Hall–Kier alpha value is -4.20. The van der Waals surface area contributed by atoms with Crippen LogP contribution < -0.4 is 5.32 Å². The third-order valence-electron chi connectivity index (χ3n) is 6.68. The molecule has 2 heterocycles. The van der Waals surface area contributed by atoms with Gasteiger partial charge in [-0.2, -0.15) is 5.10 Å². The van der Waals surface area contributed by atoms with Gasteiger partial charge >= 0.3 is 0 Å². The van der Waals surface area contributed by atoms with Crippen molar-refractivity contribution in [3.63, 3.8) is 0 Å². The number of ether oxygens (including phenoxy) is 1. The summed E-state index contributed by atoms with van der Waals surface area (Å²) in [6.07, 6.45) is 3.32. The summed E-state index contributed by atoms with van der Waals surface area (Å²) in [5.41, 5.74) is 4.69. The molecule has 40 heavy (non-hydrogen) atoms. The van der Waals surface area contributed by atoms with Crippen molar-refractivity contribution in [3.05, 3.63) is 112 Å². The largest absolute Gasteiger partial charge is 0.372 e. The molecule has 0 saturated carbocycles. The molecule has 0 bridgehead atoms. The summed E-state index contributed by atoms with van der Waals surface area (Å²) >= 11 is 6.16. The highest BCUT2D eigenvalue weighted by atomic mass is 35.5. The molecule has 1 aliphatic heterocycles. The van der Waals surface area contributed by atoms with Gasteiger partial charge < -0.3 is 15.0 Å². The van der Waals surface area contributed by atoms with Gasteiger partial charge in [0, 0.05) is 41.0 Å². The molecular weight excluding hydrogens is 524 g/mol. The monoisotopic (exact) mass is 554 g/mol. The van der Waals surface area contributed by atoms with Crippen LogP contribution in [0.3, 0.4) is 0 Å². The number of carbonyl (C=O) groups is 2. The molecule has 5 rings (SSSR count). The first kappa shape index (κ1) is 27.4. The average molecular weight is 555 g/mol. The lowest BCUT2D eigenvalue weighted by molar-refractivity contribution is -0.139. The average Bonchev–Trinajstić information content (AvgIpc) is 3.36. The van der Waals surface area contributed by atoms with Gasteiger partial charge in [-0.1, -0.05) is 59.6 Å². The molecule has 2 unspecified atom stereocenters. The second kappa shape index (κ2) is 11.9. The number of carbonyl (C=O) groups excluding carboxylic acids is 2. The summed E-state index contributed by atoms with van der Waals surface area (Å²) in [5, 5.41) is 8.36. The van der Waals surface area contributed by atoms with E-state index in [0.29, 0.717) is 34.9 Å². The van der Waals surface area contributed by atoms with Gasteiger partial charge in [-0.25, -0.2) is 4.68 Å². The van der Waals surface area contributed by atoms with Crippen LogP contribution in [0.5, 0.6) is 0 Å². The summed E-state index contributed by atoms with van der Waals surface area (Å²) in [6, 6.07) is 24.3. The van der Waals surface area contributed by atoms with Crippen LogP contribution in [-0.4, -0.2) is 51.8 Å². The highest BCUT2D eigenvalue weighted by Crippen LogP contribution is 2.27. The van der Waals surface area contributed by atoms with Crippen molar-refractivity contribution in [1.29, 1.82) is 0 Å². The van der Waals surface area contributed by atoms with Crippen LogP contribution in [0.1, 0.15) is 35.3 Å². The molecule has 0 spiro atoms. The molecule has 1 saturated heterocycles. The first-order chi connectivity index (χ1) is 19.3. The molecule has 4 aromatic rings. The summed E-state index contributed by atoms with van der Waals surface area (Å²) in [7, 11) is 0. The van der Waals surface area contributed by atoms with E-state index in [4.69, 9.17) is 21.4 Å². The molecule has 0 aliphatic carbocycles. The minimum Gasteiger partial charge on any atom is -0.372 e. The lowest BCUT2D eigenvalue weighted by atomic mass is 10.1. The van der Waals surface area contributed by atoms with E-state index in [1.807, 2.05) is 81.6 Å². The maximum Gasteiger partial charge on any atom is 0.270 e. The van der Waals surface area contributed by atoms with Crippen LogP contribution in [0.4, 0.5) is 0 Å². The molecule has 7 nitrogen and oxygen atoms in total. The lowest BCUT2D eigenvalue weighted by Gasteiger charge is -2.35. The van der Waals surface area contributed by atoms with Gasteiger partial charge in [0.15, 0.2) is 0 Å². The van der Waals surface area contributed by atoms with Crippen molar-refractivity contribution in [3.8, 4) is 16.9 Å². The Kier molecular flexibility index (Phi) is 8.14. The van der Waals surface area contributed by atoms with Crippen LogP contribution >= 0.6 is 11.6 Å². The standard InChI is InChI=1S/C32H31ClN4O3/c1-21-9-11-25(12-10-21)31(38)34-29(32(39)36-18-22(2)40-23(3)19-36)17-26-20-37(28-7-5-4-6-8-28)35-30(26)24-13-15-27(33)16-14-24/h4-17,20,22-23H,18-19H2,1-3H3,(H,34,38)/b29-17-. The number of amides is 2. The Morgan fingerprint density at radius 1 is 0.950 bits per heavy atom. The Morgan fingerprint density at radius 2 is 1.60 bits per heavy atom. The molecule has 204 valence electrons. The maximum absolute atomic E-state index is 13.9. The van der Waals surface area contributed by atoms with Gasteiger partial charge in [0.05, 0.1) is 17.9 Å². The van der Waals surface area contributed by atoms with Crippen molar-refractivity contribution in [2.75, 3.05) is 13.1 Å². The highest BCUT2D eigenvalue weighted by molar-refractivity contribution is 6.30.